The number of piperazine rings is 1. The number of rotatable bonds is 15. The molecule has 9 rings (SSSR count). The monoisotopic (exact) mass is 796 g/mol. The van der Waals surface area contributed by atoms with Crippen molar-refractivity contribution in [1.29, 1.82) is 0 Å². The molecule has 1 saturated carbocycles. The second-order valence-electron chi connectivity index (χ2n) is 16.4. The summed E-state index contributed by atoms with van der Waals surface area (Å²) < 4.78 is 29.0. The molecule has 2 bridgehead atoms. The van der Waals surface area contributed by atoms with E-state index in [1.807, 2.05) is 38.2 Å². The lowest BCUT2D eigenvalue weighted by atomic mass is 9.91. The number of carbonyl (C=O) groups excluding carboxylic acids is 1. The number of ether oxygens (including phenoxy) is 4. The summed E-state index contributed by atoms with van der Waals surface area (Å²) >= 11 is 0. The van der Waals surface area contributed by atoms with Crippen LogP contribution in [0.1, 0.15) is 76.9 Å². The lowest BCUT2D eigenvalue weighted by Crippen LogP contribution is -2.57. The van der Waals surface area contributed by atoms with Crippen molar-refractivity contribution in [2.75, 3.05) is 62.0 Å². The van der Waals surface area contributed by atoms with Gasteiger partial charge in [-0.2, -0.15) is 0 Å². The normalized spacial score (nSPS) is 23.0. The van der Waals surface area contributed by atoms with Crippen LogP contribution in [0.15, 0.2) is 59.3 Å². The first-order chi connectivity index (χ1) is 28.2. The van der Waals surface area contributed by atoms with E-state index in [1.54, 1.807) is 18.2 Å². The molecule has 58 heavy (non-hydrogen) atoms. The number of hydrogen-bond acceptors (Lipinski definition) is 15. The van der Waals surface area contributed by atoms with E-state index < -0.39 is 5.92 Å². The summed E-state index contributed by atoms with van der Waals surface area (Å²) in [5.74, 6) is 1.28. The predicted octanol–water partition coefficient (Wildman–Crippen LogP) is 5.83. The standard InChI is InChI=1S/C43H56N8O7/c1-27(2)41(43(53)54-3)38-24-40(48-58-38)55-19-7-16-49-17-13-31(14-18-49)56-32-21-33(22-32)57-39-20-28(12-15-45-39)50-25-30-9-6-8-29(50)26-51(30)36-23-35(46-47-42(36)44)34-10-4-5-11-37(34)52/h4-5,10-12,15,20,23-24,27,29-33,41,52H,6-9,13-14,16-19,21-22,25-26H2,1-3H3,(H2,44,47)/t29?,30?,32-,33-,41?. The number of nitrogens with zero attached hydrogens (tertiary/aromatic N) is 7. The molecule has 7 heterocycles. The number of fused-ring (bicyclic) bond motifs is 4. The van der Waals surface area contributed by atoms with Gasteiger partial charge >= 0.3 is 5.97 Å². The minimum atomic E-state index is -0.502. The molecule has 0 amide bonds. The van der Waals surface area contributed by atoms with Gasteiger partial charge in [-0.15, -0.1) is 10.2 Å². The van der Waals surface area contributed by atoms with Crippen molar-refractivity contribution in [1.82, 2.24) is 25.2 Å². The first-order valence-corrected chi connectivity index (χ1v) is 20.8. The highest BCUT2D eigenvalue weighted by molar-refractivity contribution is 5.77. The fourth-order valence-electron chi connectivity index (χ4n) is 8.96. The Bertz CT molecular complexity index is 2000. The summed E-state index contributed by atoms with van der Waals surface area (Å²) in [5.41, 5.74) is 9.68. The molecule has 310 valence electrons. The fourth-order valence-corrected chi connectivity index (χ4v) is 8.96. The number of phenolic OH excluding ortho intramolecular Hbond substituents is 1. The van der Waals surface area contributed by atoms with Crippen LogP contribution in [0.25, 0.3) is 11.3 Å². The number of nitrogens with two attached hydrogens (primary N) is 1. The van der Waals surface area contributed by atoms with E-state index in [0.29, 0.717) is 47.2 Å². The Balaban J connectivity index is 0.762. The van der Waals surface area contributed by atoms with Gasteiger partial charge in [0.1, 0.15) is 17.8 Å². The van der Waals surface area contributed by atoms with E-state index in [0.717, 1.165) is 95.5 Å². The Morgan fingerprint density at radius 3 is 2.50 bits per heavy atom. The van der Waals surface area contributed by atoms with Crippen molar-refractivity contribution in [2.24, 2.45) is 5.92 Å². The molecule has 3 atom stereocenters. The Labute approximate surface area is 339 Å². The number of nitrogen functional groups attached to an aromatic ring is 1. The van der Waals surface area contributed by atoms with Gasteiger partial charge in [0.2, 0.25) is 5.88 Å². The van der Waals surface area contributed by atoms with Gasteiger partial charge in [0.15, 0.2) is 11.6 Å². The Hall–Kier alpha value is -5.15. The van der Waals surface area contributed by atoms with Gasteiger partial charge in [0.05, 0.1) is 37.3 Å². The van der Waals surface area contributed by atoms with Crippen LogP contribution in [0.4, 0.5) is 17.2 Å². The number of aromatic hydroxyl groups is 1. The maximum atomic E-state index is 12.2. The van der Waals surface area contributed by atoms with Crippen molar-refractivity contribution in [3.63, 3.8) is 0 Å². The fraction of sp³-hybridized carbons (Fsp3) is 0.558. The highest BCUT2D eigenvalue weighted by atomic mass is 16.5. The quantitative estimate of drug-likeness (QED) is 0.108. The number of phenols is 1. The smallest absolute Gasteiger partial charge is 0.316 e. The summed E-state index contributed by atoms with van der Waals surface area (Å²) in [7, 11) is 1.38. The van der Waals surface area contributed by atoms with Crippen LogP contribution in [0, 0.1) is 5.92 Å². The van der Waals surface area contributed by atoms with E-state index in [4.69, 9.17) is 29.2 Å². The van der Waals surface area contributed by atoms with E-state index in [9.17, 15) is 9.90 Å². The minimum Gasteiger partial charge on any atom is -0.507 e. The summed E-state index contributed by atoms with van der Waals surface area (Å²) in [6.45, 7) is 9.03. The molecular formula is C43H56N8O7. The number of pyridine rings is 1. The predicted molar refractivity (Wildman–Crippen MR) is 218 cm³/mol. The zero-order valence-corrected chi connectivity index (χ0v) is 33.7. The number of piperidine rings is 1. The highest BCUT2D eigenvalue weighted by Gasteiger charge is 2.39. The SMILES string of the molecule is COC(=O)C(c1cc(OCCCN2CCC(O[C@H]3C[C@H](Oc4cc(N5CC6CCCC5CN6c5cc(-c6ccccc6O)nnc5N)ccn4)C3)CC2)no1)C(C)C. The number of benzene rings is 1. The molecule has 15 heteroatoms. The first-order valence-electron chi connectivity index (χ1n) is 20.8. The molecule has 0 radical (unpaired) electrons. The minimum absolute atomic E-state index is 0.0211. The highest BCUT2D eigenvalue weighted by Crippen LogP contribution is 2.39. The number of hydrogen-bond donors (Lipinski definition) is 2. The van der Waals surface area contributed by atoms with E-state index in [2.05, 4.69) is 47.2 Å². The molecule has 0 spiro atoms. The third kappa shape index (κ3) is 8.95. The van der Waals surface area contributed by atoms with Crippen LogP contribution in [0.2, 0.25) is 0 Å². The Morgan fingerprint density at radius 1 is 0.948 bits per heavy atom. The average Bonchev–Trinajstić information content (AvgIpc) is 3.44. The van der Waals surface area contributed by atoms with Crippen molar-refractivity contribution in [3.05, 3.63) is 60.5 Å². The van der Waals surface area contributed by atoms with Gasteiger partial charge in [-0.05, 0) is 73.9 Å². The van der Waals surface area contributed by atoms with Gasteiger partial charge in [0.25, 0.3) is 5.88 Å². The number of anilines is 3. The third-order valence-corrected chi connectivity index (χ3v) is 12.2. The number of carbonyl (C=O) groups is 1. The second-order valence-corrected chi connectivity index (χ2v) is 16.4. The number of methoxy groups -OCH3 is 1. The van der Waals surface area contributed by atoms with Gasteiger partial charge in [-0.3, -0.25) is 4.79 Å². The van der Waals surface area contributed by atoms with Crippen LogP contribution in [0.5, 0.6) is 17.5 Å². The maximum Gasteiger partial charge on any atom is 0.316 e. The van der Waals surface area contributed by atoms with Crippen LogP contribution in [-0.4, -0.2) is 113 Å². The average molecular weight is 797 g/mol. The van der Waals surface area contributed by atoms with Gasteiger partial charge in [-0.1, -0.05) is 26.0 Å². The van der Waals surface area contributed by atoms with Crippen molar-refractivity contribution >= 4 is 23.2 Å². The lowest BCUT2D eigenvalue weighted by Gasteiger charge is -2.46. The largest absolute Gasteiger partial charge is 0.507 e. The summed E-state index contributed by atoms with van der Waals surface area (Å²) in [6.07, 6.45) is 10.4. The number of likely N-dealkylation sites (tertiary alicyclic amines) is 1. The number of aromatic nitrogens is 4. The zero-order valence-electron chi connectivity index (χ0n) is 33.7. The number of para-hydroxylation sites is 1. The van der Waals surface area contributed by atoms with Crippen LogP contribution in [0.3, 0.4) is 0 Å². The molecule has 1 aromatic carbocycles. The molecule has 4 aliphatic heterocycles. The van der Waals surface area contributed by atoms with Crippen LogP contribution < -0.4 is 25.0 Å². The summed E-state index contributed by atoms with van der Waals surface area (Å²) in [4.78, 5) is 24.1. The van der Waals surface area contributed by atoms with Crippen LogP contribution in [-0.2, 0) is 14.3 Å². The lowest BCUT2D eigenvalue weighted by molar-refractivity contribution is -0.144. The molecule has 4 saturated heterocycles. The van der Waals surface area contributed by atoms with Crippen LogP contribution >= 0.6 is 0 Å². The van der Waals surface area contributed by atoms with Gasteiger partial charge in [0, 0.05) is 87.2 Å². The molecule has 4 aromatic rings. The topological polar surface area (TPSA) is 175 Å². The summed E-state index contributed by atoms with van der Waals surface area (Å²) in [5, 5.41) is 23.1. The Morgan fingerprint density at radius 2 is 1.72 bits per heavy atom. The second kappa shape index (κ2) is 17.8. The molecule has 5 fully saturated rings. The first kappa shape index (κ1) is 39.7. The molecule has 3 N–H and O–H groups in total. The third-order valence-electron chi connectivity index (χ3n) is 12.2. The molecule has 3 unspecified atom stereocenters. The van der Waals surface area contributed by atoms with Crippen molar-refractivity contribution < 1.29 is 33.4 Å². The molecule has 5 aliphatic rings. The Kier molecular flexibility index (Phi) is 12.2. The van der Waals surface area contributed by atoms with E-state index in [1.165, 1.54) is 7.11 Å². The van der Waals surface area contributed by atoms with E-state index >= 15 is 0 Å². The van der Waals surface area contributed by atoms with Crippen molar-refractivity contribution in [2.45, 2.75) is 102 Å². The van der Waals surface area contributed by atoms with Gasteiger partial charge in [-0.25, -0.2) is 4.98 Å². The molecular weight excluding hydrogens is 741 g/mol. The zero-order chi connectivity index (χ0) is 40.2. The molecule has 1 aliphatic carbocycles. The molecule has 3 aromatic heterocycles. The summed E-state index contributed by atoms with van der Waals surface area (Å²) in [6, 6.07) is 15.6. The van der Waals surface area contributed by atoms with Crippen molar-refractivity contribution in [3.8, 4) is 28.8 Å². The molecule has 15 nitrogen and oxygen atoms in total. The number of esters is 1. The van der Waals surface area contributed by atoms with E-state index in [-0.39, 0.29) is 42.0 Å². The maximum absolute atomic E-state index is 12.2. The van der Waals surface area contributed by atoms with Gasteiger partial charge < -0.3 is 49.0 Å².